The summed E-state index contributed by atoms with van der Waals surface area (Å²) in [6, 6.07) is 14.7. The van der Waals surface area contributed by atoms with Crippen LogP contribution in [-0.4, -0.2) is 35.1 Å². The minimum atomic E-state index is -1.19. The van der Waals surface area contributed by atoms with Crippen LogP contribution < -0.4 is 26.4 Å². The summed E-state index contributed by atoms with van der Waals surface area (Å²) in [6.07, 6.45) is 2.64. The average molecular weight is 553 g/mol. The maximum atomic E-state index is 12.6. The van der Waals surface area contributed by atoms with Crippen LogP contribution in [0.1, 0.15) is 21.5 Å². The Morgan fingerprint density at radius 3 is 2.18 bits per heavy atom. The van der Waals surface area contributed by atoms with Gasteiger partial charge in [-0.25, -0.2) is 4.79 Å². The number of halogens is 2. The molecule has 0 unspecified atom stereocenters. The number of aliphatic carboxylic acids is 1. The third-order valence-electron chi connectivity index (χ3n) is 5.88. The molecule has 38 heavy (non-hydrogen) atoms. The first-order valence-electron chi connectivity index (χ1n) is 11.4. The van der Waals surface area contributed by atoms with Crippen molar-refractivity contribution in [3.05, 3.63) is 114 Å². The van der Waals surface area contributed by atoms with Crippen LogP contribution in [0.25, 0.3) is 0 Å². The molecule has 0 saturated carbocycles. The highest BCUT2D eigenvalue weighted by atomic mass is 35.5. The number of amides is 1. The summed E-state index contributed by atoms with van der Waals surface area (Å²) in [4.78, 5) is 54.6. The second-order valence-electron chi connectivity index (χ2n) is 8.59. The Balaban J connectivity index is 1.45. The number of aromatic nitrogens is 1. The standard InChI is InChI=1S/C27H22Cl2N4O5/c1-33(14-16-5-3-2-4-6-16)23-22(24(34)25(23)35)32-20(27(37)38)11-15-7-9-17(10-8-15)31-26(36)21-18(28)12-30-13-19(21)29/h2-10,12-13,20,32H,11,14H2,1H3,(H,31,36)(H,37,38)/t20-/m0/s1. The highest BCUT2D eigenvalue weighted by Crippen LogP contribution is 2.25. The lowest BCUT2D eigenvalue weighted by atomic mass is 10.0. The molecule has 0 fully saturated rings. The van der Waals surface area contributed by atoms with Crippen molar-refractivity contribution in [3.8, 4) is 0 Å². The predicted molar refractivity (Wildman–Crippen MR) is 147 cm³/mol. The fraction of sp³-hybridized carbons (Fsp3) is 0.148. The summed E-state index contributed by atoms with van der Waals surface area (Å²) < 4.78 is 0. The number of hydrogen-bond donors (Lipinski definition) is 3. The number of anilines is 3. The number of carbonyl (C=O) groups is 2. The maximum absolute atomic E-state index is 12.6. The van der Waals surface area contributed by atoms with E-state index in [4.69, 9.17) is 23.2 Å². The number of nitrogens with one attached hydrogen (secondary N) is 2. The fourth-order valence-electron chi connectivity index (χ4n) is 3.97. The van der Waals surface area contributed by atoms with Crippen LogP contribution in [0.4, 0.5) is 17.1 Å². The number of hydrogen-bond acceptors (Lipinski definition) is 7. The van der Waals surface area contributed by atoms with Gasteiger partial charge < -0.3 is 20.6 Å². The Bertz CT molecular complexity index is 1530. The lowest BCUT2D eigenvalue weighted by molar-refractivity contribution is -0.137. The van der Waals surface area contributed by atoms with Gasteiger partial charge in [0, 0.05) is 38.1 Å². The molecule has 3 aromatic carbocycles. The van der Waals surface area contributed by atoms with E-state index in [1.807, 2.05) is 30.3 Å². The molecule has 0 aliphatic carbocycles. The number of pyridine rings is 1. The highest BCUT2D eigenvalue weighted by molar-refractivity contribution is 6.40. The molecule has 0 aliphatic rings. The first kappa shape index (κ1) is 26.8. The zero-order chi connectivity index (χ0) is 27.4. The quantitative estimate of drug-likeness (QED) is 0.252. The van der Waals surface area contributed by atoms with E-state index in [-0.39, 0.29) is 33.4 Å². The SMILES string of the molecule is CN(Cc1ccccc1)c1c(N[C@@H](Cc2ccc(NC(=O)c3c(Cl)cncc3Cl)cc2)C(=O)O)c(=O)c1=O. The van der Waals surface area contributed by atoms with Gasteiger partial charge in [-0.15, -0.1) is 0 Å². The first-order valence-corrected chi connectivity index (χ1v) is 12.2. The number of carboxylic acids is 1. The van der Waals surface area contributed by atoms with Crippen LogP contribution in [-0.2, 0) is 17.8 Å². The summed E-state index contributed by atoms with van der Waals surface area (Å²) in [5, 5.41) is 15.4. The normalized spacial score (nSPS) is 11.7. The molecule has 0 spiro atoms. The average Bonchev–Trinajstić information content (AvgIpc) is 2.88. The number of carboxylic acid groups (broad SMARTS) is 1. The van der Waals surface area contributed by atoms with E-state index in [9.17, 15) is 24.3 Å². The van der Waals surface area contributed by atoms with Gasteiger partial charge in [0.15, 0.2) is 0 Å². The van der Waals surface area contributed by atoms with Crippen LogP contribution in [0.5, 0.6) is 0 Å². The summed E-state index contributed by atoms with van der Waals surface area (Å²) >= 11 is 12.1. The van der Waals surface area contributed by atoms with Crippen molar-refractivity contribution in [2.45, 2.75) is 19.0 Å². The van der Waals surface area contributed by atoms with Crippen molar-refractivity contribution in [2.75, 3.05) is 22.6 Å². The minimum Gasteiger partial charge on any atom is -0.480 e. The van der Waals surface area contributed by atoms with Gasteiger partial charge in [0.05, 0.1) is 15.6 Å². The summed E-state index contributed by atoms with van der Waals surface area (Å²) in [7, 11) is 1.67. The molecule has 0 bridgehead atoms. The Morgan fingerprint density at radius 2 is 1.58 bits per heavy atom. The molecule has 1 amide bonds. The third kappa shape index (κ3) is 5.85. The van der Waals surface area contributed by atoms with Crippen LogP contribution in [0.15, 0.2) is 76.6 Å². The van der Waals surface area contributed by atoms with Gasteiger partial charge in [-0.05, 0) is 23.3 Å². The summed E-state index contributed by atoms with van der Waals surface area (Å²) in [5.41, 5.74) is 0.804. The largest absolute Gasteiger partial charge is 0.480 e. The third-order valence-corrected chi connectivity index (χ3v) is 6.45. The molecule has 4 rings (SSSR count). The smallest absolute Gasteiger partial charge is 0.326 e. The van der Waals surface area contributed by atoms with Crippen LogP contribution in [0.2, 0.25) is 10.0 Å². The second kappa shape index (κ2) is 11.5. The Hall–Kier alpha value is -4.21. The molecule has 1 heterocycles. The molecule has 11 heteroatoms. The van der Waals surface area contributed by atoms with Crippen LogP contribution >= 0.6 is 23.2 Å². The first-order chi connectivity index (χ1) is 18.2. The van der Waals surface area contributed by atoms with Gasteiger partial charge in [-0.2, -0.15) is 0 Å². The van der Waals surface area contributed by atoms with Crippen LogP contribution in [0, 0.1) is 0 Å². The number of nitrogens with zero attached hydrogens (tertiary/aromatic N) is 2. The molecule has 1 aromatic heterocycles. The molecule has 9 nitrogen and oxygen atoms in total. The lowest BCUT2D eigenvalue weighted by Crippen LogP contribution is -2.44. The Kier molecular flexibility index (Phi) is 8.09. The van der Waals surface area contributed by atoms with Crippen molar-refractivity contribution >= 4 is 52.1 Å². The molecule has 194 valence electrons. The zero-order valence-corrected chi connectivity index (χ0v) is 21.6. The van der Waals surface area contributed by atoms with E-state index in [0.29, 0.717) is 17.8 Å². The minimum absolute atomic E-state index is 0.0178. The van der Waals surface area contributed by atoms with Gasteiger partial charge >= 0.3 is 5.97 Å². The van der Waals surface area contributed by atoms with E-state index < -0.39 is 28.8 Å². The molecule has 3 N–H and O–H groups in total. The van der Waals surface area contributed by atoms with Crippen molar-refractivity contribution in [1.29, 1.82) is 0 Å². The Labute approximate surface area is 227 Å². The number of carbonyl (C=O) groups excluding carboxylic acids is 1. The van der Waals surface area contributed by atoms with Gasteiger partial charge in [0.25, 0.3) is 16.8 Å². The maximum Gasteiger partial charge on any atom is 0.326 e. The van der Waals surface area contributed by atoms with E-state index >= 15 is 0 Å². The van der Waals surface area contributed by atoms with Gasteiger partial charge in [0.1, 0.15) is 17.4 Å². The number of benzene rings is 2. The number of rotatable bonds is 10. The van der Waals surface area contributed by atoms with E-state index in [2.05, 4.69) is 15.6 Å². The van der Waals surface area contributed by atoms with Gasteiger partial charge in [-0.3, -0.25) is 19.4 Å². The highest BCUT2D eigenvalue weighted by Gasteiger charge is 2.29. The zero-order valence-electron chi connectivity index (χ0n) is 20.1. The molecule has 0 saturated heterocycles. The second-order valence-corrected chi connectivity index (χ2v) is 9.41. The van der Waals surface area contributed by atoms with Crippen molar-refractivity contribution in [2.24, 2.45) is 0 Å². The Morgan fingerprint density at radius 1 is 0.947 bits per heavy atom. The van der Waals surface area contributed by atoms with Crippen molar-refractivity contribution < 1.29 is 14.7 Å². The van der Waals surface area contributed by atoms with Crippen LogP contribution in [0.3, 0.4) is 0 Å². The summed E-state index contributed by atoms with van der Waals surface area (Å²) in [5.74, 6) is -1.71. The van der Waals surface area contributed by atoms with Gasteiger partial charge in [-0.1, -0.05) is 65.7 Å². The summed E-state index contributed by atoms with van der Waals surface area (Å²) in [6.45, 7) is 0.376. The molecular formula is C27H22Cl2N4O5. The molecule has 0 aliphatic heterocycles. The predicted octanol–water partition coefficient (Wildman–Crippen LogP) is 3.98. The molecule has 4 aromatic rings. The molecule has 0 radical (unpaired) electrons. The molecular weight excluding hydrogens is 531 g/mol. The topological polar surface area (TPSA) is 129 Å². The van der Waals surface area contributed by atoms with Crippen molar-refractivity contribution in [3.63, 3.8) is 0 Å². The van der Waals surface area contributed by atoms with E-state index in [1.165, 1.54) is 12.4 Å². The van der Waals surface area contributed by atoms with E-state index in [1.54, 1.807) is 36.2 Å². The molecule has 1 atom stereocenters. The fourth-order valence-corrected chi connectivity index (χ4v) is 4.51. The van der Waals surface area contributed by atoms with E-state index in [0.717, 1.165) is 5.56 Å². The van der Waals surface area contributed by atoms with Crippen molar-refractivity contribution in [1.82, 2.24) is 4.98 Å². The monoisotopic (exact) mass is 552 g/mol. The lowest BCUT2D eigenvalue weighted by Gasteiger charge is -2.25. The van der Waals surface area contributed by atoms with Gasteiger partial charge in [0.2, 0.25) is 0 Å².